The minimum atomic E-state index is 0.503. The summed E-state index contributed by atoms with van der Waals surface area (Å²) in [6.45, 7) is 6.83. The SMILES string of the molecule is CCN(CC1CCCO1)CC1(CBr)CCCC1. The molecule has 2 fully saturated rings. The second-order valence-electron chi connectivity index (χ2n) is 5.80. The molecule has 1 aliphatic carbocycles. The molecule has 100 valence electrons. The van der Waals surface area contributed by atoms with Crippen LogP contribution in [0.3, 0.4) is 0 Å². The first-order valence-corrected chi connectivity index (χ1v) is 8.30. The number of nitrogens with zero attached hydrogens (tertiary/aromatic N) is 1. The van der Waals surface area contributed by atoms with Crippen LogP contribution in [0.5, 0.6) is 0 Å². The highest BCUT2D eigenvalue weighted by atomic mass is 79.9. The van der Waals surface area contributed by atoms with E-state index in [0.29, 0.717) is 11.5 Å². The summed E-state index contributed by atoms with van der Waals surface area (Å²) in [4.78, 5) is 2.61. The van der Waals surface area contributed by atoms with Crippen LogP contribution in [0, 0.1) is 5.41 Å². The van der Waals surface area contributed by atoms with Crippen molar-refractivity contribution in [2.75, 3.05) is 31.6 Å². The van der Waals surface area contributed by atoms with Crippen molar-refractivity contribution in [3.8, 4) is 0 Å². The summed E-state index contributed by atoms with van der Waals surface area (Å²) >= 11 is 3.75. The van der Waals surface area contributed by atoms with Crippen molar-refractivity contribution in [1.82, 2.24) is 4.90 Å². The van der Waals surface area contributed by atoms with Crippen LogP contribution < -0.4 is 0 Å². The van der Waals surface area contributed by atoms with Gasteiger partial charge in [0, 0.05) is 25.0 Å². The minimum absolute atomic E-state index is 0.503. The molecule has 2 nitrogen and oxygen atoms in total. The quantitative estimate of drug-likeness (QED) is 0.697. The lowest BCUT2D eigenvalue weighted by molar-refractivity contribution is 0.0604. The Balaban J connectivity index is 1.84. The first kappa shape index (κ1) is 13.8. The number of hydrogen-bond acceptors (Lipinski definition) is 2. The first-order chi connectivity index (χ1) is 8.28. The highest BCUT2D eigenvalue weighted by Crippen LogP contribution is 2.40. The highest BCUT2D eigenvalue weighted by molar-refractivity contribution is 9.09. The van der Waals surface area contributed by atoms with Crippen molar-refractivity contribution in [2.24, 2.45) is 5.41 Å². The van der Waals surface area contributed by atoms with Crippen LogP contribution in [0.15, 0.2) is 0 Å². The lowest BCUT2D eigenvalue weighted by Gasteiger charge is -2.34. The zero-order valence-electron chi connectivity index (χ0n) is 11.1. The van der Waals surface area contributed by atoms with E-state index >= 15 is 0 Å². The number of halogens is 1. The fourth-order valence-electron chi connectivity index (χ4n) is 3.32. The van der Waals surface area contributed by atoms with Gasteiger partial charge in [-0.2, -0.15) is 0 Å². The van der Waals surface area contributed by atoms with Crippen LogP contribution in [-0.2, 0) is 4.74 Å². The summed E-state index contributed by atoms with van der Waals surface area (Å²) in [6.07, 6.45) is 8.67. The molecule has 0 radical (unpaired) electrons. The average Bonchev–Trinajstić information content (AvgIpc) is 3.00. The summed E-state index contributed by atoms with van der Waals surface area (Å²) in [5.41, 5.74) is 0.550. The van der Waals surface area contributed by atoms with Crippen LogP contribution >= 0.6 is 15.9 Å². The fourth-order valence-corrected chi connectivity index (χ4v) is 4.05. The molecular weight excluding hydrogens is 278 g/mol. The van der Waals surface area contributed by atoms with Crippen molar-refractivity contribution in [3.63, 3.8) is 0 Å². The van der Waals surface area contributed by atoms with Gasteiger partial charge in [-0.3, -0.25) is 0 Å². The predicted octanol–water partition coefficient (Wildman–Crippen LogP) is 3.44. The molecule has 0 N–H and O–H groups in total. The maximum absolute atomic E-state index is 5.76. The van der Waals surface area contributed by atoms with E-state index in [0.717, 1.165) is 19.7 Å². The number of hydrogen-bond donors (Lipinski definition) is 0. The monoisotopic (exact) mass is 303 g/mol. The molecule has 0 aromatic heterocycles. The molecule has 1 saturated heterocycles. The molecule has 0 spiro atoms. The van der Waals surface area contributed by atoms with Crippen LogP contribution in [0.2, 0.25) is 0 Å². The Kier molecular flexibility index (Phi) is 5.31. The Morgan fingerprint density at radius 2 is 2.06 bits per heavy atom. The minimum Gasteiger partial charge on any atom is -0.377 e. The molecule has 0 amide bonds. The van der Waals surface area contributed by atoms with Crippen molar-refractivity contribution in [3.05, 3.63) is 0 Å². The van der Waals surface area contributed by atoms with E-state index in [1.807, 2.05) is 0 Å². The molecule has 2 rings (SSSR count). The Morgan fingerprint density at radius 3 is 2.59 bits per heavy atom. The number of rotatable bonds is 6. The topological polar surface area (TPSA) is 12.5 Å². The van der Waals surface area contributed by atoms with Crippen molar-refractivity contribution in [2.45, 2.75) is 51.6 Å². The van der Waals surface area contributed by atoms with Gasteiger partial charge in [0.25, 0.3) is 0 Å². The zero-order chi connectivity index (χ0) is 12.1. The second kappa shape index (κ2) is 6.53. The normalized spacial score (nSPS) is 28.1. The third-order valence-electron chi connectivity index (χ3n) is 4.44. The van der Waals surface area contributed by atoms with E-state index < -0.39 is 0 Å². The molecule has 0 aromatic carbocycles. The second-order valence-corrected chi connectivity index (χ2v) is 6.36. The average molecular weight is 304 g/mol. The summed E-state index contributed by atoms with van der Waals surface area (Å²) in [6, 6.07) is 0. The molecule has 17 heavy (non-hydrogen) atoms. The van der Waals surface area contributed by atoms with E-state index in [1.54, 1.807) is 0 Å². The molecule has 1 aliphatic heterocycles. The maximum Gasteiger partial charge on any atom is 0.0702 e. The highest BCUT2D eigenvalue weighted by Gasteiger charge is 2.34. The Morgan fingerprint density at radius 1 is 1.29 bits per heavy atom. The summed E-state index contributed by atoms with van der Waals surface area (Å²) in [5, 5.41) is 1.17. The summed E-state index contributed by atoms with van der Waals surface area (Å²) in [7, 11) is 0. The first-order valence-electron chi connectivity index (χ1n) is 7.18. The van der Waals surface area contributed by atoms with Crippen LogP contribution in [0.1, 0.15) is 45.4 Å². The van der Waals surface area contributed by atoms with E-state index in [9.17, 15) is 0 Å². The van der Waals surface area contributed by atoms with E-state index in [1.165, 1.54) is 50.4 Å². The van der Waals surface area contributed by atoms with Crippen molar-refractivity contribution in [1.29, 1.82) is 0 Å². The van der Waals surface area contributed by atoms with Gasteiger partial charge in [-0.05, 0) is 37.6 Å². The van der Waals surface area contributed by atoms with Gasteiger partial charge in [-0.15, -0.1) is 0 Å². The van der Waals surface area contributed by atoms with Gasteiger partial charge in [0.1, 0.15) is 0 Å². The fraction of sp³-hybridized carbons (Fsp3) is 1.00. The Bertz CT molecular complexity index is 222. The largest absolute Gasteiger partial charge is 0.377 e. The smallest absolute Gasteiger partial charge is 0.0702 e. The van der Waals surface area contributed by atoms with Crippen molar-refractivity contribution >= 4 is 15.9 Å². The molecule has 1 saturated carbocycles. The van der Waals surface area contributed by atoms with Gasteiger partial charge < -0.3 is 9.64 Å². The molecule has 1 atom stereocenters. The third kappa shape index (κ3) is 3.68. The van der Waals surface area contributed by atoms with Crippen molar-refractivity contribution < 1.29 is 4.74 Å². The molecule has 2 aliphatic rings. The van der Waals surface area contributed by atoms with E-state index in [-0.39, 0.29) is 0 Å². The molecule has 1 heterocycles. The van der Waals surface area contributed by atoms with Crippen LogP contribution in [0.4, 0.5) is 0 Å². The molecular formula is C14H26BrNO. The number of likely N-dealkylation sites (N-methyl/N-ethyl adjacent to an activating group) is 1. The van der Waals surface area contributed by atoms with Gasteiger partial charge in [-0.25, -0.2) is 0 Å². The number of alkyl halides is 1. The van der Waals surface area contributed by atoms with Gasteiger partial charge in [0.05, 0.1) is 6.10 Å². The standard InChI is InChI=1S/C14H26BrNO/c1-2-16(10-13-6-5-9-17-13)12-14(11-15)7-3-4-8-14/h13H,2-12H2,1H3. The number of ether oxygens (including phenoxy) is 1. The van der Waals surface area contributed by atoms with Crippen LogP contribution in [-0.4, -0.2) is 42.6 Å². The Labute approximate surface area is 114 Å². The molecule has 3 heteroatoms. The summed E-state index contributed by atoms with van der Waals surface area (Å²) < 4.78 is 5.76. The Hall–Kier alpha value is 0.400. The van der Waals surface area contributed by atoms with E-state index in [4.69, 9.17) is 4.74 Å². The lowest BCUT2D eigenvalue weighted by Crippen LogP contribution is -2.41. The lowest BCUT2D eigenvalue weighted by atomic mass is 9.88. The molecule has 0 bridgehead atoms. The third-order valence-corrected chi connectivity index (χ3v) is 5.63. The summed E-state index contributed by atoms with van der Waals surface area (Å²) in [5.74, 6) is 0. The van der Waals surface area contributed by atoms with Gasteiger partial charge in [0.15, 0.2) is 0 Å². The van der Waals surface area contributed by atoms with E-state index in [2.05, 4.69) is 27.8 Å². The van der Waals surface area contributed by atoms with Gasteiger partial charge >= 0.3 is 0 Å². The van der Waals surface area contributed by atoms with Gasteiger partial charge in [0.2, 0.25) is 0 Å². The molecule has 0 aromatic rings. The predicted molar refractivity (Wildman–Crippen MR) is 75.8 cm³/mol. The maximum atomic E-state index is 5.76. The zero-order valence-corrected chi connectivity index (χ0v) is 12.7. The van der Waals surface area contributed by atoms with Gasteiger partial charge in [-0.1, -0.05) is 35.7 Å². The molecule has 1 unspecified atom stereocenters. The van der Waals surface area contributed by atoms with Crippen LogP contribution in [0.25, 0.3) is 0 Å².